The fraction of sp³-hybridized carbons (Fsp3) is 0.500. The largest absolute Gasteiger partial charge is 0.381 e. The molecular formula is C12H15ClOS. The second-order valence-electron chi connectivity index (χ2n) is 4.02. The van der Waals surface area contributed by atoms with Crippen molar-refractivity contribution in [3.8, 4) is 0 Å². The molecule has 1 aromatic rings. The quantitative estimate of drug-likeness (QED) is 0.784. The van der Waals surface area contributed by atoms with E-state index in [9.17, 15) is 0 Å². The molecule has 15 heavy (non-hydrogen) atoms. The molecule has 1 aliphatic heterocycles. The van der Waals surface area contributed by atoms with E-state index in [4.69, 9.17) is 16.3 Å². The highest BCUT2D eigenvalue weighted by atomic mass is 35.5. The Morgan fingerprint density at radius 2 is 2.07 bits per heavy atom. The molecule has 1 nitrogen and oxygen atoms in total. The lowest BCUT2D eigenvalue weighted by atomic mass is 9.94. The summed E-state index contributed by atoms with van der Waals surface area (Å²) in [6.07, 6.45) is 2.09. The summed E-state index contributed by atoms with van der Waals surface area (Å²) in [4.78, 5) is 0. The highest BCUT2D eigenvalue weighted by Gasteiger charge is 2.22. The van der Waals surface area contributed by atoms with Gasteiger partial charge in [0.15, 0.2) is 0 Å². The number of halogens is 1. The highest BCUT2D eigenvalue weighted by molar-refractivity contribution is 7.81. The second kappa shape index (κ2) is 5.24. The van der Waals surface area contributed by atoms with Gasteiger partial charge in [0.1, 0.15) is 0 Å². The first kappa shape index (κ1) is 11.3. The van der Waals surface area contributed by atoms with E-state index in [1.165, 1.54) is 5.56 Å². The maximum Gasteiger partial charge on any atom is 0.0507 e. The Morgan fingerprint density at radius 3 is 2.73 bits per heavy atom. The van der Waals surface area contributed by atoms with Crippen molar-refractivity contribution in [2.24, 2.45) is 5.92 Å². The molecule has 0 radical (unpaired) electrons. The third kappa shape index (κ3) is 3.13. The van der Waals surface area contributed by atoms with E-state index in [1.807, 2.05) is 12.1 Å². The van der Waals surface area contributed by atoms with Gasteiger partial charge in [-0.2, -0.15) is 12.6 Å². The molecule has 0 unspecified atom stereocenters. The predicted octanol–water partition coefficient (Wildman–Crippen LogP) is 3.22. The summed E-state index contributed by atoms with van der Waals surface area (Å²) in [7, 11) is 0. The summed E-state index contributed by atoms with van der Waals surface area (Å²) in [5.74, 6) is 0.531. The standard InChI is InChI=1S/C12H15ClOS/c13-11-3-1-9(2-4-11)7-10-8-14-6-5-12(10)15/h1-4,10,12,15H,5-8H2/t10-,12+/m0/s1. The minimum absolute atomic E-state index is 0.467. The van der Waals surface area contributed by atoms with E-state index in [0.29, 0.717) is 11.2 Å². The third-order valence-electron chi connectivity index (χ3n) is 2.85. The molecule has 1 aromatic carbocycles. The summed E-state index contributed by atoms with van der Waals surface area (Å²) in [5.41, 5.74) is 1.31. The molecule has 2 rings (SSSR count). The summed E-state index contributed by atoms with van der Waals surface area (Å²) in [5, 5.41) is 1.26. The van der Waals surface area contributed by atoms with Gasteiger partial charge in [-0.1, -0.05) is 23.7 Å². The van der Waals surface area contributed by atoms with Gasteiger partial charge in [0.25, 0.3) is 0 Å². The van der Waals surface area contributed by atoms with Gasteiger partial charge in [-0.25, -0.2) is 0 Å². The van der Waals surface area contributed by atoms with Crippen molar-refractivity contribution in [2.75, 3.05) is 13.2 Å². The Balaban J connectivity index is 1.98. The lowest BCUT2D eigenvalue weighted by molar-refractivity contribution is 0.0596. The van der Waals surface area contributed by atoms with Crippen LogP contribution in [0.25, 0.3) is 0 Å². The first-order chi connectivity index (χ1) is 7.25. The molecule has 3 heteroatoms. The lowest BCUT2D eigenvalue weighted by Gasteiger charge is -2.28. The minimum Gasteiger partial charge on any atom is -0.381 e. The van der Waals surface area contributed by atoms with Gasteiger partial charge in [0, 0.05) is 16.9 Å². The SMILES string of the molecule is S[C@@H]1CCOC[C@@H]1Cc1ccc(Cl)cc1. The predicted molar refractivity (Wildman–Crippen MR) is 66.9 cm³/mol. The van der Waals surface area contributed by atoms with E-state index >= 15 is 0 Å². The smallest absolute Gasteiger partial charge is 0.0507 e. The van der Waals surface area contributed by atoms with Gasteiger partial charge in [-0.3, -0.25) is 0 Å². The topological polar surface area (TPSA) is 9.23 Å². The lowest BCUT2D eigenvalue weighted by Crippen LogP contribution is -2.29. The van der Waals surface area contributed by atoms with Crippen LogP contribution in [0.2, 0.25) is 5.02 Å². The number of benzene rings is 1. The zero-order chi connectivity index (χ0) is 10.7. The van der Waals surface area contributed by atoms with Gasteiger partial charge in [-0.15, -0.1) is 0 Å². The van der Waals surface area contributed by atoms with Crippen molar-refractivity contribution in [3.05, 3.63) is 34.9 Å². The maximum absolute atomic E-state index is 5.84. The molecule has 0 aliphatic carbocycles. The molecule has 0 spiro atoms. The zero-order valence-corrected chi connectivity index (χ0v) is 10.2. The Labute approximate surface area is 101 Å². The van der Waals surface area contributed by atoms with Crippen LogP contribution in [-0.2, 0) is 11.2 Å². The summed E-state index contributed by atoms with van der Waals surface area (Å²) in [6.45, 7) is 1.68. The normalized spacial score (nSPS) is 26.5. The fourth-order valence-electron chi connectivity index (χ4n) is 1.90. The number of rotatable bonds is 2. The Bertz CT molecular complexity index is 312. The molecule has 1 heterocycles. The van der Waals surface area contributed by atoms with Crippen molar-refractivity contribution < 1.29 is 4.74 Å². The van der Waals surface area contributed by atoms with Gasteiger partial charge in [0.2, 0.25) is 0 Å². The number of ether oxygens (including phenoxy) is 1. The fourth-order valence-corrected chi connectivity index (χ4v) is 2.33. The maximum atomic E-state index is 5.84. The van der Waals surface area contributed by atoms with E-state index in [2.05, 4.69) is 24.8 Å². The molecule has 0 bridgehead atoms. The van der Waals surface area contributed by atoms with Crippen LogP contribution in [0.15, 0.2) is 24.3 Å². The van der Waals surface area contributed by atoms with Crippen LogP contribution in [0.1, 0.15) is 12.0 Å². The van der Waals surface area contributed by atoms with Crippen molar-refractivity contribution >= 4 is 24.2 Å². The summed E-state index contributed by atoms with van der Waals surface area (Å²) in [6, 6.07) is 8.04. The second-order valence-corrected chi connectivity index (χ2v) is 5.12. The zero-order valence-electron chi connectivity index (χ0n) is 8.53. The molecule has 1 aliphatic rings. The van der Waals surface area contributed by atoms with Crippen LogP contribution >= 0.6 is 24.2 Å². The third-order valence-corrected chi connectivity index (χ3v) is 3.78. The molecular weight excluding hydrogens is 228 g/mol. The molecule has 82 valence electrons. The molecule has 1 saturated heterocycles. The molecule has 0 N–H and O–H groups in total. The Morgan fingerprint density at radius 1 is 1.33 bits per heavy atom. The molecule has 0 saturated carbocycles. The average Bonchev–Trinajstić information content (AvgIpc) is 2.25. The van der Waals surface area contributed by atoms with Crippen molar-refractivity contribution in [1.82, 2.24) is 0 Å². The first-order valence-electron chi connectivity index (χ1n) is 5.26. The number of hydrogen-bond acceptors (Lipinski definition) is 2. The van der Waals surface area contributed by atoms with E-state index in [0.717, 1.165) is 31.1 Å². The van der Waals surface area contributed by atoms with E-state index in [-0.39, 0.29) is 0 Å². The van der Waals surface area contributed by atoms with Gasteiger partial charge >= 0.3 is 0 Å². The van der Waals surface area contributed by atoms with E-state index < -0.39 is 0 Å². The van der Waals surface area contributed by atoms with Crippen LogP contribution in [0, 0.1) is 5.92 Å². The van der Waals surface area contributed by atoms with Crippen molar-refractivity contribution in [3.63, 3.8) is 0 Å². The molecule has 0 amide bonds. The number of hydrogen-bond donors (Lipinski definition) is 1. The highest BCUT2D eigenvalue weighted by Crippen LogP contribution is 2.24. The van der Waals surface area contributed by atoms with Crippen LogP contribution in [0.3, 0.4) is 0 Å². The Hall–Kier alpha value is -0.180. The molecule has 1 fully saturated rings. The first-order valence-corrected chi connectivity index (χ1v) is 6.15. The monoisotopic (exact) mass is 242 g/mol. The van der Waals surface area contributed by atoms with Gasteiger partial charge in [0.05, 0.1) is 6.61 Å². The van der Waals surface area contributed by atoms with Gasteiger partial charge in [-0.05, 0) is 36.5 Å². The van der Waals surface area contributed by atoms with Crippen LogP contribution < -0.4 is 0 Å². The average molecular weight is 243 g/mol. The summed E-state index contributed by atoms with van der Waals surface area (Å²) < 4.78 is 5.47. The molecule has 2 atom stereocenters. The van der Waals surface area contributed by atoms with E-state index in [1.54, 1.807) is 0 Å². The Kier molecular flexibility index (Phi) is 3.95. The van der Waals surface area contributed by atoms with Crippen LogP contribution in [0.4, 0.5) is 0 Å². The summed E-state index contributed by atoms with van der Waals surface area (Å²) >= 11 is 10.4. The van der Waals surface area contributed by atoms with Crippen LogP contribution in [-0.4, -0.2) is 18.5 Å². The number of thiol groups is 1. The molecule has 0 aromatic heterocycles. The van der Waals surface area contributed by atoms with Crippen molar-refractivity contribution in [2.45, 2.75) is 18.1 Å². The minimum atomic E-state index is 0.467. The van der Waals surface area contributed by atoms with Gasteiger partial charge < -0.3 is 4.74 Å². The van der Waals surface area contributed by atoms with Crippen molar-refractivity contribution in [1.29, 1.82) is 0 Å². The van der Waals surface area contributed by atoms with Crippen LogP contribution in [0.5, 0.6) is 0 Å².